The third kappa shape index (κ3) is 6.69. The number of nitrogens with zero attached hydrogens (tertiary/aromatic N) is 1. The van der Waals surface area contributed by atoms with Crippen molar-refractivity contribution in [3.05, 3.63) is 52.7 Å². The van der Waals surface area contributed by atoms with Crippen molar-refractivity contribution in [2.45, 2.75) is 17.7 Å². The maximum absolute atomic E-state index is 5.84. The minimum atomic E-state index is 0.552. The standard InChI is InChI=1S/C16H21N3S2/c17-16(19-11-9-15-8-4-12-20-15)18-10-5-13-21-14-6-2-1-3-7-14/h1-4,6-8,12H,5,9-11,13H2,(H3,17,18,19). The van der Waals surface area contributed by atoms with E-state index >= 15 is 0 Å². The van der Waals surface area contributed by atoms with Gasteiger partial charge in [-0.15, -0.1) is 23.1 Å². The average Bonchev–Trinajstić information content (AvgIpc) is 3.01. The van der Waals surface area contributed by atoms with Crippen LogP contribution >= 0.6 is 23.1 Å². The highest BCUT2D eigenvalue weighted by molar-refractivity contribution is 7.99. The van der Waals surface area contributed by atoms with Crippen molar-refractivity contribution < 1.29 is 0 Å². The molecule has 0 aliphatic rings. The van der Waals surface area contributed by atoms with Crippen LogP contribution in [-0.2, 0) is 6.42 Å². The van der Waals surface area contributed by atoms with E-state index < -0.39 is 0 Å². The highest BCUT2D eigenvalue weighted by atomic mass is 32.2. The topological polar surface area (TPSA) is 50.4 Å². The van der Waals surface area contributed by atoms with Crippen molar-refractivity contribution in [1.82, 2.24) is 5.32 Å². The van der Waals surface area contributed by atoms with E-state index in [-0.39, 0.29) is 0 Å². The molecule has 3 nitrogen and oxygen atoms in total. The lowest BCUT2D eigenvalue weighted by molar-refractivity contribution is 0.848. The first kappa shape index (κ1) is 15.9. The molecule has 0 radical (unpaired) electrons. The van der Waals surface area contributed by atoms with E-state index in [1.807, 2.05) is 17.8 Å². The molecule has 0 saturated carbocycles. The van der Waals surface area contributed by atoms with Gasteiger partial charge in [0.2, 0.25) is 0 Å². The van der Waals surface area contributed by atoms with Crippen LogP contribution in [0.1, 0.15) is 11.3 Å². The van der Waals surface area contributed by atoms with Crippen LogP contribution in [0, 0.1) is 0 Å². The van der Waals surface area contributed by atoms with E-state index in [0.29, 0.717) is 5.96 Å². The second kappa shape index (κ2) is 9.47. The molecule has 5 heteroatoms. The molecular formula is C16H21N3S2. The summed E-state index contributed by atoms with van der Waals surface area (Å²) < 4.78 is 0. The molecule has 0 fully saturated rings. The zero-order valence-corrected chi connectivity index (χ0v) is 13.6. The predicted molar refractivity (Wildman–Crippen MR) is 94.3 cm³/mol. The van der Waals surface area contributed by atoms with Crippen LogP contribution in [0.15, 0.2) is 57.7 Å². The highest BCUT2D eigenvalue weighted by Crippen LogP contribution is 2.17. The molecule has 1 heterocycles. The largest absolute Gasteiger partial charge is 0.370 e. The average molecular weight is 319 g/mol. The summed E-state index contributed by atoms with van der Waals surface area (Å²) in [7, 11) is 0. The van der Waals surface area contributed by atoms with Crippen LogP contribution < -0.4 is 11.1 Å². The molecular weight excluding hydrogens is 298 g/mol. The van der Waals surface area contributed by atoms with E-state index in [2.05, 4.69) is 52.1 Å². The van der Waals surface area contributed by atoms with Crippen LogP contribution in [-0.4, -0.2) is 24.8 Å². The molecule has 2 aromatic rings. The third-order valence-corrected chi connectivity index (χ3v) is 4.89. The summed E-state index contributed by atoms with van der Waals surface area (Å²) in [6, 6.07) is 14.6. The van der Waals surface area contributed by atoms with Crippen molar-refractivity contribution in [2.75, 3.05) is 18.8 Å². The van der Waals surface area contributed by atoms with Gasteiger partial charge in [-0.2, -0.15) is 0 Å². The number of nitrogens with one attached hydrogen (secondary N) is 1. The smallest absolute Gasteiger partial charge is 0.188 e. The molecule has 0 amide bonds. The van der Waals surface area contributed by atoms with E-state index in [0.717, 1.165) is 31.7 Å². The normalized spacial score (nSPS) is 11.5. The molecule has 112 valence electrons. The first-order valence-electron chi connectivity index (χ1n) is 7.08. The minimum Gasteiger partial charge on any atom is -0.370 e. The summed E-state index contributed by atoms with van der Waals surface area (Å²) in [5.74, 6) is 1.62. The molecule has 0 aliphatic carbocycles. The van der Waals surface area contributed by atoms with Crippen LogP contribution in [0.25, 0.3) is 0 Å². The second-order valence-corrected chi connectivity index (χ2v) is 6.74. The van der Waals surface area contributed by atoms with Gasteiger partial charge in [0.05, 0.1) is 0 Å². The predicted octanol–water partition coefficient (Wildman–Crippen LogP) is 3.38. The van der Waals surface area contributed by atoms with Crippen molar-refractivity contribution in [3.63, 3.8) is 0 Å². The van der Waals surface area contributed by atoms with Crippen LogP contribution in [0.3, 0.4) is 0 Å². The summed E-state index contributed by atoms with van der Waals surface area (Å²) in [6.45, 7) is 1.62. The molecule has 0 aliphatic heterocycles. The fourth-order valence-corrected chi connectivity index (χ4v) is 3.36. The lowest BCUT2D eigenvalue weighted by Gasteiger charge is -2.04. The zero-order valence-electron chi connectivity index (χ0n) is 12.0. The minimum absolute atomic E-state index is 0.552. The van der Waals surface area contributed by atoms with Gasteiger partial charge in [0.15, 0.2) is 5.96 Å². The van der Waals surface area contributed by atoms with Crippen molar-refractivity contribution in [3.8, 4) is 0 Å². The summed E-state index contributed by atoms with van der Waals surface area (Å²) in [4.78, 5) is 7.03. The maximum Gasteiger partial charge on any atom is 0.188 e. The summed E-state index contributed by atoms with van der Waals surface area (Å²) >= 11 is 3.63. The molecule has 0 saturated heterocycles. The van der Waals surface area contributed by atoms with Gasteiger partial charge < -0.3 is 11.1 Å². The molecule has 2 rings (SSSR count). The lowest BCUT2D eigenvalue weighted by Crippen LogP contribution is -2.33. The van der Waals surface area contributed by atoms with Crippen LogP contribution in [0.4, 0.5) is 0 Å². The molecule has 0 bridgehead atoms. The van der Waals surface area contributed by atoms with Gasteiger partial charge in [-0.05, 0) is 42.2 Å². The monoisotopic (exact) mass is 319 g/mol. The van der Waals surface area contributed by atoms with E-state index in [1.54, 1.807) is 11.3 Å². The first-order chi connectivity index (χ1) is 10.3. The lowest BCUT2D eigenvalue weighted by atomic mass is 10.3. The number of thiophene rings is 1. The van der Waals surface area contributed by atoms with Gasteiger partial charge in [0, 0.05) is 22.9 Å². The van der Waals surface area contributed by atoms with E-state index in [1.165, 1.54) is 9.77 Å². The van der Waals surface area contributed by atoms with Gasteiger partial charge in [-0.1, -0.05) is 24.3 Å². The molecule has 0 unspecified atom stereocenters. The molecule has 1 aromatic carbocycles. The van der Waals surface area contributed by atoms with Crippen LogP contribution in [0.2, 0.25) is 0 Å². The van der Waals surface area contributed by atoms with Gasteiger partial charge in [-0.25, -0.2) is 0 Å². The highest BCUT2D eigenvalue weighted by Gasteiger charge is 1.96. The Kier molecular flexibility index (Phi) is 7.18. The van der Waals surface area contributed by atoms with E-state index in [9.17, 15) is 0 Å². The quantitative estimate of drug-likeness (QED) is 0.339. The number of benzene rings is 1. The number of hydrogen-bond donors (Lipinski definition) is 2. The Labute approximate surface area is 134 Å². The number of nitrogens with two attached hydrogens (primary N) is 1. The van der Waals surface area contributed by atoms with Crippen LogP contribution in [0.5, 0.6) is 0 Å². The number of guanidine groups is 1. The molecule has 0 atom stereocenters. The first-order valence-corrected chi connectivity index (χ1v) is 8.95. The Hall–Kier alpha value is -1.46. The molecule has 21 heavy (non-hydrogen) atoms. The fourth-order valence-electron chi connectivity index (χ4n) is 1.80. The molecule has 3 N–H and O–H groups in total. The summed E-state index contributed by atoms with van der Waals surface area (Å²) in [5, 5.41) is 5.25. The number of hydrogen-bond acceptors (Lipinski definition) is 3. The van der Waals surface area contributed by atoms with Crippen molar-refractivity contribution in [1.29, 1.82) is 0 Å². The van der Waals surface area contributed by atoms with Gasteiger partial charge in [0.1, 0.15) is 0 Å². The zero-order chi connectivity index (χ0) is 14.8. The Balaban J connectivity index is 1.54. The Bertz CT molecular complexity index is 524. The Morgan fingerprint density at radius 1 is 1.19 bits per heavy atom. The number of aliphatic imine (C=N–C) groups is 1. The fraction of sp³-hybridized carbons (Fsp3) is 0.312. The van der Waals surface area contributed by atoms with E-state index in [4.69, 9.17) is 5.73 Å². The van der Waals surface area contributed by atoms with Crippen molar-refractivity contribution in [2.24, 2.45) is 10.7 Å². The third-order valence-electron chi connectivity index (χ3n) is 2.85. The van der Waals surface area contributed by atoms with Crippen molar-refractivity contribution >= 4 is 29.1 Å². The van der Waals surface area contributed by atoms with Gasteiger partial charge in [-0.3, -0.25) is 4.99 Å². The van der Waals surface area contributed by atoms with Gasteiger partial charge >= 0.3 is 0 Å². The molecule has 0 spiro atoms. The maximum atomic E-state index is 5.84. The Morgan fingerprint density at radius 3 is 2.81 bits per heavy atom. The SMILES string of the molecule is NC(=NCCCSc1ccccc1)NCCc1cccs1. The number of thioether (sulfide) groups is 1. The summed E-state index contributed by atoms with van der Waals surface area (Å²) in [5.41, 5.74) is 5.84. The van der Waals surface area contributed by atoms with Gasteiger partial charge in [0.25, 0.3) is 0 Å². The Morgan fingerprint density at radius 2 is 2.05 bits per heavy atom. The number of rotatable bonds is 8. The summed E-state index contributed by atoms with van der Waals surface area (Å²) in [6.07, 6.45) is 2.03. The second-order valence-electron chi connectivity index (χ2n) is 4.54. The molecule has 1 aromatic heterocycles.